The number of aliphatic carboxylic acids is 1. The van der Waals surface area contributed by atoms with Crippen molar-refractivity contribution in [3.63, 3.8) is 0 Å². The first-order chi connectivity index (χ1) is 13.5. The molecule has 0 aliphatic carbocycles. The molecular formula is C22H45N3O4. The van der Waals surface area contributed by atoms with Crippen molar-refractivity contribution >= 4 is 18.3 Å². The Morgan fingerprint density at radius 2 is 1.59 bits per heavy atom. The second-order valence-corrected chi connectivity index (χ2v) is 7.77. The van der Waals surface area contributed by atoms with Gasteiger partial charge in [-0.3, -0.25) is 9.59 Å². The number of likely N-dealkylation sites (tertiary alicyclic amines) is 1. The van der Waals surface area contributed by atoms with E-state index in [-0.39, 0.29) is 24.6 Å². The zero-order valence-corrected chi connectivity index (χ0v) is 20.0. The van der Waals surface area contributed by atoms with Gasteiger partial charge in [0.15, 0.2) is 0 Å². The molecule has 0 aromatic rings. The number of amides is 2. The smallest absolute Gasteiger partial charge is 0.331 e. The third-order valence-corrected chi connectivity index (χ3v) is 3.35. The standard InChI is InChI=1S/C9H14N2O4.C6H13N.C4H10.C3H8/c1-7(9(14)15)3-4-11(2)8(13)5-10-6-12;1-7-5-3-2-4-6-7;1-4(2)3;1-3-2/h3,6H,4-5H2,1-2H3,(H,10,12)(H,14,15);2-6H2,1H3;4H,1-3H3;3H2,1-2H3/b7-3+;;;. The van der Waals surface area contributed by atoms with Gasteiger partial charge in [0.2, 0.25) is 12.3 Å². The van der Waals surface area contributed by atoms with E-state index in [1.165, 1.54) is 63.7 Å². The lowest BCUT2D eigenvalue weighted by molar-refractivity contribution is -0.133. The van der Waals surface area contributed by atoms with Crippen molar-refractivity contribution in [1.82, 2.24) is 15.1 Å². The van der Waals surface area contributed by atoms with Gasteiger partial charge in [0, 0.05) is 19.2 Å². The van der Waals surface area contributed by atoms with Gasteiger partial charge in [-0.25, -0.2) is 4.79 Å². The first kappa shape index (κ1) is 31.8. The van der Waals surface area contributed by atoms with Crippen molar-refractivity contribution in [2.24, 2.45) is 5.92 Å². The molecule has 0 aromatic heterocycles. The average Bonchev–Trinajstić information content (AvgIpc) is 2.65. The molecule has 0 spiro atoms. The van der Waals surface area contributed by atoms with Crippen LogP contribution in [-0.2, 0) is 14.4 Å². The van der Waals surface area contributed by atoms with Crippen molar-refractivity contribution in [3.8, 4) is 0 Å². The highest BCUT2D eigenvalue weighted by atomic mass is 16.4. The van der Waals surface area contributed by atoms with Crippen LogP contribution in [0.4, 0.5) is 0 Å². The van der Waals surface area contributed by atoms with Gasteiger partial charge >= 0.3 is 5.97 Å². The maximum atomic E-state index is 11.2. The summed E-state index contributed by atoms with van der Waals surface area (Å²) in [7, 11) is 3.72. The molecule has 0 aromatic carbocycles. The number of carbonyl (C=O) groups excluding carboxylic acids is 2. The Morgan fingerprint density at radius 1 is 1.14 bits per heavy atom. The highest BCUT2D eigenvalue weighted by molar-refractivity contribution is 5.86. The summed E-state index contributed by atoms with van der Waals surface area (Å²) >= 11 is 0. The quantitative estimate of drug-likeness (QED) is 0.512. The van der Waals surface area contributed by atoms with Crippen LogP contribution in [-0.4, -0.2) is 73.5 Å². The molecule has 7 nitrogen and oxygen atoms in total. The second kappa shape index (κ2) is 22.4. The molecule has 172 valence electrons. The summed E-state index contributed by atoms with van der Waals surface area (Å²) in [5, 5.41) is 10.8. The highest BCUT2D eigenvalue weighted by Gasteiger charge is 2.07. The van der Waals surface area contributed by atoms with E-state index in [1.807, 2.05) is 0 Å². The van der Waals surface area contributed by atoms with E-state index in [2.05, 4.69) is 51.9 Å². The number of carbonyl (C=O) groups is 3. The number of likely N-dealkylation sites (N-methyl/N-ethyl adjacent to an activating group) is 1. The Balaban J connectivity index is -0.000000394. The summed E-state index contributed by atoms with van der Waals surface area (Å²) < 4.78 is 0. The van der Waals surface area contributed by atoms with Crippen molar-refractivity contribution in [3.05, 3.63) is 11.6 Å². The van der Waals surface area contributed by atoms with Gasteiger partial charge in [0.1, 0.15) is 0 Å². The van der Waals surface area contributed by atoms with E-state index < -0.39 is 5.97 Å². The zero-order chi connectivity index (χ0) is 23.2. The fourth-order valence-corrected chi connectivity index (χ4v) is 1.78. The average molecular weight is 416 g/mol. The minimum Gasteiger partial charge on any atom is -0.478 e. The lowest BCUT2D eigenvalue weighted by Crippen LogP contribution is -2.35. The van der Waals surface area contributed by atoms with Crippen LogP contribution >= 0.6 is 0 Å². The summed E-state index contributed by atoms with van der Waals surface area (Å²) in [6.45, 7) is 15.0. The number of nitrogens with zero attached hydrogens (tertiary/aromatic N) is 2. The number of nitrogens with one attached hydrogen (secondary N) is 1. The summed E-state index contributed by atoms with van der Waals surface area (Å²) in [5.74, 6) is -0.460. The molecule has 1 saturated heterocycles. The van der Waals surface area contributed by atoms with Gasteiger partial charge in [-0.05, 0) is 45.8 Å². The molecule has 7 heteroatoms. The van der Waals surface area contributed by atoms with Crippen molar-refractivity contribution < 1.29 is 19.5 Å². The van der Waals surface area contributed by atoms with Gasteiger partial charge in [0.05, 0.1) is 6.54 Å². The van der Waals surface area contributed by atoms with Gasteiger partial charge in [-0.15, -0.1) is 0 Å². The molecule has 1 aliphatic rings. The monoisotopic (exact) mass is 415 g/mol. The minimum absolute atomic E-state index is 0.0834. The van der Waals surface area contributed by atoms with E-state index in [0.29, 0.717) is 6.41 Å². The van der Waals surface area contributed by atoms with Gasteiger partial charge in [0.25, 0.3) is 0 Å². The molecule has 0 bridgehead atoms. The first-order valence-electron chi connectivity index (χ1n) is 10.5. The molecule has 1 aliphatic heterocycles. The third kappa shape index (κ3) is 28.4. The largest absolute Gasteiger partial charge is 0.478 e. The van der Waals surface area contributed by atoms with E-state index in [4.69, 9.17) is 5.11 Å². The number of hydrogen-bond acceptors (Lipinski definition) is 4. The van der Waals surface area contributed by atoms with Crippen LogP contribution in [0.5, 0.6) is 0 Å². The molecule has 1 rings (SSSR count). The van der Waals surface area contributed by atoms with Crippen molar-refractivity contribution in [2.75, 3.05) is 40.3 Å². The maximum Gasteiger partial charge on any atom is 0.331 e. The number of piperidine rings is 1. The molecule has 0 saturated carbocycles. The summed E-state index contributed by atoms with van der Waals surface area (Å²) in [5.41, 5.74) is 0.179. The molecular weight excluding hydrogens is 370 g/mol. The summed E-state index contributed by atoms with van der Waals surface area (Å²) in [4.78, 5) is 35.3. The van der Waals surface area contributed by atoms with E-state index in [1.54, 1.807) is 0 Å². The van der Waals surface area contributed by atoms with Crippen LogP contribution in [0.2, 0.25) is 0 Å². The molecule has 2 N–H and O–H groups in total. The van der Waals surface area contributed by atoms with E-state index in [9.17, 15) is 14.4 Å². The fraction of sp³-hybridized carbons (Fsp3) is 0.773. The topological polar surface area (TPSA) is 90.0 Å². The van der Waals surface area contributed by atoms with Crippen LogP contribution < -0.4 is 5.32 Å². The first-order valence-corrected chi connectivity index (χ1v) is 10.5. The Hall–Kier alpha value is -1.89. The van der Waals surface area contributed by atoms with Gasteiger partial charge in [-0.1, -0.05) is 53.5 Å². The third-order valence-electron chi connectivity index (χ3n) is 3.35. The lowest BCUT2D eigenvalue weighted by Gasteiger charge is -2.20. The van der Waals surface area contributed by atoms with Crippen LogP contribution in [0.15, 0.2) is 11.6 Å². The molecule has 2 amide bonds. The van der Waals surface area contributed by atoms with E-state index >= 15 is 0 Å². The van der Waals surface area contributed by atoms with Crippen molar-refractivity contribution in [1.29, 1.82) is 0 Å². The number of rotatable bonds is 6. The predicted molar refractivity (Wildman–Crippen MR) is 121 cm³/mol. The molecule has 0 atom stereocenters. The zero-order valence-electron chi connectivity index (χ0n) is 20.0. The summed E-state index contributed by atoms with van der Waals surface area (Å²) in [6, 6.07) is 0. The number of carboxylic acids is 1. The van der Waals surface area contributed by atoms with Crippen LogP contribution in [0.25, 0.3) is 0 Å². The predicted octanol–water partition coefficient (Wildman–Crippen LogP) is 3.40. The van der Waals surface area contributed by atoms with Crippen LogP contribution in [0.1, 0.15) is 67.2 Å². The molecule has 1 heterocycles. The summed E-state index contributed by atoms with van der Waals surface area (Å²) in [6.07, 6.45) is 7.39. The SMILES string of the molecule is C/C(=C\CN(C)C(=O)CNC=O)C(=O)O.CC(C)C.CCC.CN1CCCCC1. The molecule has 1 fully saturated rings. The van der Waals surface area contributed by atoms with Crippen LogP contribution in [0.3, 0.4) is 0 Å². The Bertz CT molecular complexity index is 443. The number of hydrogen-bond donors (Lipinski definition) is 2. The molecule has 0 radical (unpaired) electrons. The Morgan fingerprint density at radius 3 is 1.90 bits per heavy atom. The Labute approximate surface area is 178 Å². The molecule has 29 heavy (non-hydrogen) atoms. The lowest BCUT2D eigenvalue weighted by atomic mass is 10.1. The maximum absolute atomic E-state index is 11.2. The Kier molecular flexibility index (Phi) is 24.6. The fourth-order valence-electron chi connectivity index (χ4n) is 1.78. The number of carboxylic acid groups (broad SMARTS) is 1. The van der Waals surface area contributed by atoms with Crippen molar-refractivity contribution in [2.45, 2.75) is 67.2 Å². The van der Waals surface area contributed by atoms with Gasteiger partial charge in [-0.2, -0.15) is 0 Å². The normalized spacial score (nSPS) is 13.5. The van der Waals surface area contributed by atoms with Gasteiger partial charge < -0.3 is 20.2 Å². The van der Waals surface area contributed by atoms with Crippen LogP contribution in [0, 0.1) is 5.92 Å². The molecule has 0 unspecified atom stereocenters. The minimum atomic E-state index is -1.01. The second-order valence-electron chi connectivity index (χ2n) is 7.77. The highest BCUT2D eigenvalue weighted by Crippen LogP contribution is 2.04. The van der Waals surface area contributed by atoms with E-state index in [0.717, 1.165) is 5.92 Å².